The zero-order valence-electron chi connectivity index (χ0n) is 12.2. The molecule has 3 rings (SSSR count). The lowest BCUT2D eigenvalue weighted by molar-refractivity contribution is 0.297. The first-order chi connectivity index (χ1) is 9.60. The van der Waals surface area contributed by atoms with Gasteiger partial charge < -0.3 is 10.2 Å². The SMILES string of the molecule is C=C1CCC(N2Cc3cc(CC)ccc3C2=C)C(=C)N1. The van der Waals surface area contributed by atoms with Crippen LogP contribution in [0.25, 0.3) is 5.70 Å². The maximum Gasteiger partial charge on any atom is 0.0693 e. The Morgan fingerprint density at radius 1 is 1.30 bits per heavy atom. The molecular weight excluding hydrogens is 244 g/mol. The smallest absolute Gasteiger partial charge is 0.0693 e. The molecule has 2 heteroatoms. The van der Waals surface area contributed by atoms with Gasteiger partial charge in [-0.3, -0.25) is 0 Å². The highest BCUT2D eigenvalue weighted by atomic mass is 15.2. The van der Waals surface area contributed by atoms with Gasteiger partial charge in [-0.25, -0.2) is 0 Å². The van der Waals surface area contributed by atoms with Gasteiger partial charge in [0.25, 0.3) is 0 Å². The molecule has 1 aromatic rings. The minimum Gasteiger partial charge on any atom is -0.362 e. The first-order valence-corrected chi connectivity index (χ1v) is 7.31. The second kappa shape index (κ2) is 4.86. The van der Waals surface area contributed by atoms with Crippen LogP contribution in [0.3, 0.4) is 0 Å². The van der Waals surface area contributed by atoms with Gasteiger partial charge in [0.2, 0.25) is 0 Å². The van der Waals surface area contributed by atoms with Crippen molar-refractivity contribution in [2.24, 2.45) is 0 Å². The lowest BCUT2D eigenvalue weighted by atomic mass is 10.0. The van der Waals surface area contributed by atoms with Crippen molar-refractivity contribution in [2.45, 2.75) is 38.8 Å². The van der Waals surface area contributed by atoms with Crippen molar-refractivity contribution in [3.05, 3.63) is 66.0 Å². The number of benzene rings is 1. The van der Waals surface area contributed by atoms with E-state index in [9.17, 15) is 0 Å². The average molecular weight is 266 g/mol. The van der Waals surface area contributed by atoms with Gasteiger partial charge in [0.1, 0.15) is 0 Å². The molecule has 0 bridgehead atoms. The quantitative estimate of drug-likeness (QED) is 0.875. The summed E-state index contributed by atoms with van der Waals surface area (Å²) in [7, 11) is 0. The molecular formula is C18H22N2. The largest absolute Gasteiger partial charge is 0.362 e. The Morgan fingerprint density at radius 3 is 2.80 bits per heavy atom. The minimum absolute atomic E-state index is 0.325. The van der Waals surface area contributed by atoms with E-state index in [-0.39, 0.29) is 0 Å². The van der Waals surface area contributed by atoms with E-state index in [1.807, 2.05) is 0 Å². The highest BCUT2D eigenvalue weighted by molar-refractivity contribution is 5.70. The van der Waals surface area contributed by atoms with Crippen LogP contribution < -0.4 is 5.32 Å². The number of hydrogen-bond donors (Lipinski definition) is 1. The van der Waals surface area contributed by atoms with Gasteiger partial charge in [0, 0.05) is 29.2 Å². The number of allylic oxidation sites excluding steroid dienone is 1. The van der Waals surface area contributed by atoms with Gasteiger partial charge in [-0.05, 0) is 30.4 Å². The van der Waals surface area contributed by atoms with Crippen LogP contribution in [-0.4, -0.2) is 10.9 Å². The molecule has 2 aliphatic heterocycles. The van der Waals surface area contributed by atoms with Gasteiger partial charge in [-0.1, -0.05) is 44.9 Å². The van der Waals surface area contributed by atoms with Gasteiger partial charge in [-0.2, -0.15) is 0 Å². The van der Waals surface area contributed by atoms with E-state index in [0.717, 1.165) is 42.9 Å². The second-order valence-electron chi connectivity index (χ2n) is 5.73. The number of nitrogens with zero attached hydrogens (tertiary/aromatic N) is 1. The van der Waals surface area contributed by atoms with Crippen LogP contribution in [0.4, 0.5) is 0 Å². The summed E-state index contributed by atoms with van der Waals surface area (Å²) in [5.74, 6) is 0. The van der Waals surface area contributed by atoms with Crippen molar-refractivity contribution >= 4 is 5.70 Å². The molecule has 0 spiro atoms. The molecule has 0 radical (unpaired) electrons. The maximum absolute atomic E-state index is 4.30. The van der Waals surface area contributed by atoms with Crippen LogP contribution in [0, 0.1) is 0 Å². The van der Waals surface area contributed by atoms with E-state index < -0.39 is 0 Å². The topological polar surface area (TPSA) is 15.3 Å². The Balaban J connectivity index is 1.86. The third-order valence-electron chi connectivity index (χ3n) is 4.41. The Bertz CT molecular complexity index is 597. The fourth-order valence-corrected chi connectivity index (χ4v) is 3.21. The van der Waals surface area contributed by atoms with Gasteiger partial charge in [0.15, 0.2) is 0 Å². The lowest BCUT2D eigenvalue weighted by Crippen LogP contribution is -2.39. The Hall–Kier alpha value is -1.96. The summed E-state index contributed by atoms with van der Waals surface area (Å²) in [6.45, 7) is 15.6. The zero-order valence-corrected chi connectivity index (χ0v) is 12.2. The molecule has 1 unspecified atom stereocenters. The number of nitrogens with one attached hydrogen (secondary N) is 1. The fourth-order valence-electron chi connectivity index (χ4n) is 3.21. The fraction of sp³-hybridized carbons (Fsp3) is 0.333. The summed E-state index contributed by atoms with van der Waals surface area (Å²) >= 11 is 0. The summed E-state index contributed by atoms with van der Waals surface area (Å²) in [6, 6.07) is 7.07. The summed E-state index contributed by atoms with van der Waals surface area (Å²) in [6.07, 6.45) is 3.15. The van der Waals surface area contributed by atoms with Gasteiger partial charge in [0.05, 0.1) is 6.04 Å². The van der Waals surface area contributed by atoms with Crippen LogP contribution in [0.2, 0.25) is 0 Å². The summed E-state index contributed by atoms with van der Waals surface area (Å²) in [5.41, 5.74) is 7.33. The number of fused-ring (bicyclic) bond motifs is 1. The van der Waals surface area contributed by atoms with Crippen LogP contribution in [0.5, 0.6) is 0 Å². The van der Waals surface area contributed by atoms with Gasteiger partial charge in [-0.15, -0.1) is 0 Å². The molecule has 0 amide bonds. The molecule has 1 saturated heterocycles. The van der Waals surface area contributed by atoms with Crippen molar-refractivity contribution in [3.63, 3.8) is 0 Å². The normalized spacial score (nSPS) is 21.9. The van der Waals surface area contributed by atoms with Crippen molar-refractivity contribution in [1.82, 2.24) is 10.2 Å². The summed E-state index contributed by atoms with van der Waals surface area (Å²) in [5, 5.41) is 3.30. The lowest BCUT2D eigenvalue weighted by Gasteiger charge is -2.36. The van der Waals surface area contributed by atoms with E-state index >= 15 is 0 Å². The predicted molar refractivity (Wildman–Crippen MR) is 84.8 cm³/mol. The third-order valence-corrected chi connectivity index (χ3v) is 4.41. The summed E-state index contributed by atoms with van der Waals surface area (Å²) < 4.78 is 0. The number of rotatable bonds is 2. The molecule has 1 aromatic carbocycles. The van der Waals surface area contributed by atoms with Crippen LogP contribution >= 0.6 is 0 Å². The Labute approximate surface area is 121 Å². The number of hydrogen-bond acceptors (Lipinski definition) is 2. The molecule has 2 nitrogen and oxygen atoms in total. The maximum atomic E-state index is 4.30. The first kappa shape index (κ1) is 13.0. The second-order valence-corrected chi connectivity index (χ2v) is 5.73. The Morgan fingerprint density at radius 2 is 2.10 bits per heavy atom. The average Bonchev–Trinajstić information content (AvgIpc) is 2.75. The van der Waals surface area contributed by atoms with Gasteiger partial charge >= 0.3 is 0 Å². The molecule has 104 valence electrons. The van der Waals surface area contributed by atoms with E-state index in [2.05, 4.69) is 55.1 Å². The van der Waals surface area contributed by atoms with Crippen molar-refractivity contribution in [2.75, 3.05) is 0 Å². The predicted octanol–water partition coefficient (Wildman–Crippen LogP) is 3.81. The number of piperidine rings is 1. The molecule has 2 aliphatic rings. The van der Waals surface area contributed by atoms with Crippen LogP contribution in [0.15, 0.2) is 49.3 Å². The van der Waals surface area contributed by atoms with Crippen LogP contribution in [-0.2, 0) is 13.0 Å². The summed E-state index contributed by atoms with van der Waals surface area (Å²) in [4.78, 5) is 2.38. The monoisotopic (exact) mass is 266 g/mol. The highest BCUT2D eigenvalue weighted by Gasteiger charge is 2.31. The first-order valence-electron chi connectivity index (χ1n) is 7.31. The minimum atomic E-state index is 0.325. The highest BCUT2D eigenvalue weighted by Crippen LogP contribution is 2.37. The van der Waals surface area contributed by atoms with Crippen LogP contribution in [0.1, 0.15) is 36.5 Å². The molecule has 1 atom stereocenters. The molecule has 0 saturated carbocycles. The zero-order chi connectivity index (χ0) is 14.3. The van der Waals surface area contributed by atoms with E-state index in [1.165, 1.54) is 16.7 Å². The van der Waals surface area contributed by atoms with Crippen molar-refractivity contribution in [3.8, 4) is 0 Å². The molecule has 2 heterocycles. The molecule has 1 fully saturated rings. The van der Waals surface area contributed by atoms with Crippen molar-refractivity contribution < 1.29 is 0 Å². The van der Waals surface area contributed by atoms with Crippen molar-refractivity contribution in [1.29, 1.82) is 0 Å². The van der Waals surface area contributed by atoms with E-state index in [0.29, 0.717) is 6.04 Å². The number of aryl methyl sites for hydroxylation is 1. The van der Waals surface area contributed by atoms with E-state index in [1.54, 1.807) is 0 Å². The standard InChI is InChI=1S/C18H22N2/c1-5-15-7-8-17-14(4)20(11-16(17)10-15)18-9-6-12(2)19-13(18)3/h7-8,10,18-19H,2-6,9,11H2,1H3. The van der Waals surface area contributed by atoms with E-state index in [4.69, 9.17) is 0 Å². The molecule has 1 N–H and O–H groups in total. The Kier molecular flexibility index (Phi) is 3.17. The molecule has 20 heavy (non-hydrogen) atoms. The molecule has 0 aliphatic carbocycles. The molecule has 0 aromatic heterocycles. The third kappa shape index (κ3) is 2.05.